The lowest BCUT2D eigenvalue weighted by Gasteiger charge is -2.46. The number of nitrogens with zero attached hydrogens (tertiary/aromatic N) is 5. The summed E-state index contributed by atoms with van der Waals surface area (Å²) < 4.78 is 0. The van der Waals surface area contributed by atoms with Gasteiger partial charge < -0.3 is 20.2 Å². The second kappa shape index (κ2) is 11.3. The predicted octanol–water partition coefficient (Wildman–Crippen LogP) is 2.38. The first-order valence-corrected chi connectivity index (χ1v) is 13.3. The van der Waals surface area contributed by atoms with Crippen molar-refractivity contribution in [2.45, 2.75) is 51.9 Å². The SMILES string of the molecule is CCc1cccc(CC)c1N(C=O)C1=C(C(=NC)N2CCN(C)CC2C)C=C(Cl)C(N2CC(O)C2)N1. The average Bonchev–Trinajstić information content (AvgIpc) is 2.85. The lowest BCUT2D eigenvalue weighted by Crippen LogP contribution is -2.62. The molecule has 3 heterocycles. The third-order valence-electron chi connectivity index (χ3n) is 7.44. The largest absolute Gasteiger partial charge is 0.390 e. The number of nitrogens with one attached hydrogen (secondary N) is 1. The number of aliphatic imine (C=N–C) groups is 1. The van der Waals surface area contributed by atoms with E-state index in [1.165, 1.54) is 0 Å². The molecule has 0 aromatic heterocycles. The third-order valence-corrected chi connectivity index (χ3v) is 7.75. The molecule has 0 saturated carbocycles. The number of hydrogen-bond donors (Lipinski definition) is 2. The first-order valence-electron chi connectivity index (χ1n) is 12.9. The number of carbonyl (C=O) groups excluding carboxylic acids is 1. The lowest BCUT2D eigenvalue weighted by molar-refractivity contribution is -0.107. The van der Waals surface area contributed by atoms with Crippen LogP contribution >= 0.6 is 11.6 Å². The molecule has 2 atom stereocenters. The van der Waals surface area contributed by atoms with Gasteiger partial charge in [0.15, 0.2) is 0 Å². The molecule has 3 aliphatic heterocycles. The smallest absolute Gasteiger partial charge is 0.219 e. The van der Waals surface area contributed by atoms with Crippen molar-refractivity contribution in [3.05, 3.63) is 51.8 Å². The Kier molecular flexibility index (Phi) is 8.40. The number of likely N-dealkylation sites (N-methyl/N-ethyl adjacent to an activating group) is 1. The van der Waals surface area contributed by atoms with Crippen molar-refractivity contribution in [1.82, 2.24) is 20.0 Å². The molecule has 0 bridgehead atoms. The van der Waals surface area contributed by atoms with Gasteiger partial charge in [-0.05, 0) is 44.0 Å². The summed E-state index contributed by atoms with van der Waals surface area (Å²) >= 11 is 6.86. The van der Waals surface area contributed by atoms with Gasteiger partial charge in [0.25, 0.3) is 0 Å². The highest BCUT2D eigenvalue weighted by atomic mass is 35.5. The fourth-order valence-corrected chi connectivity index (χ4v) is 5.80. The van der Waals surface area contributed by atoms with Crippen LogP contribution in [0.3, 0.4) is 0 Å². The second-order valence-electron chi connectivity index (χ2n) is 9.91. The monoisotopic (exact) mass is 514 g/mol. The van der Waals surface area contributed by atoms with E-state index in [-0.39, 0.29) is 18.3 Å². The normalized spacial score (nSPS) is 24.4. The number of amides is 1. The Morgan fingerprint density at radius 3 is 2.42 bits per heavy atom. The number of aryl methyl sites for hydroxylation is 2. The van der Waals surface area contributed by atoms with Crippen LogP contribution in [0.5, 0.6) is 0 Å². The lowest BCUT2D eigenvalue weighted by atomic mass is 10.00. The van der Waals surface area contributed by atoms with Gasteiger partial charge in [0.2, 0.25) is 6.41 Å². The number of carbonyl (C=O) groups is 1. The molecule has 1 amide bonds. The van der Waals surface area contributed by atoms with Crippen molar-refractivity contribution in [3.63, 3.8) is 0 Å². The van der Waals surface area contributed by atoms with Crippen molar-refractivity contribution >= 4 is 29.5 Å². The van der Waals surface area contributed by atoms with Crippen molar-refractivity contribution < 1.29 is 9.90 Å². The number of para-hydroxylation sites is 1. The Morgan fingerprint density at radius 1 is 1.22 bits per heavy atom. The summed E-state index contributed by atoms with van der Waals surface area (Å²) in [6.07, 6.45) is 3.77. The van der Waals surface area contributed by atoms with E-state index < -0.39 is 0 Å². The van der Waals surface area contributed by atoms with Crippen LogP contribution in [0.1, 0.15) is 31.9 Å². The Bertz CT molecular complexity index is 1040. The molecule has 0 aliphatic carbocycles. The number of halogens is 1. The summed E-state index contributed by atoms with van der Waals surface area (Å²) in [6.45, 7) is 10.2. The van der Waals surface area contributed by atoms with Crippen LogP contribution in [0.15, 0.2) is 45.7 Å². The fraction of sp³-hybridized carbons (Fsp3) is 0.556. The number of amidine groups is 1. The Balaban J connectivity index is 1.86. The van der Waals surface area contributed by atoms with E-state index in [9.17, 15) is 9.90 Å². The molecule has 4 rings (SSSR count). The van der Waals surface area contributed by atoms with E-state index in [2.05, 4.69) is 66.0 Å². The van der Waals surface area contributed by atoms with Gasteiger partial charge in [-0.3, -0.25) is 19.6 Å². The summed E-state index contributed by atoms with van der Waals surface area (Å²) in [7, 11) is 3.93. The molecule has 8 nitrogen and oxygen atoms in total. The van der Waals surface area contributed by atoms with E-state index in [4.69, 9.17) is 16.6 Å². The van der Waals surface area contributed by atoms with Crippen molar-refractivity contribution in [3.8, 4) is 0 Å². The molecule has 0 radical (unpaired) electrons. The Morgan fingerprint density at radius 2 is 1.89 bits per heavy atom. The molecule has 36 heavy (non-hydrogen) atoms. The molecule has 2 saturated heterocycles. The van der Waals surface area contributed by atoms with Crippen LogP contribution in [0, 0.1) is 0 Å². The standard InChI is InChI=1S/C27H39ClN6O2/c1-6-19-9-8-10-20(7-2)24(19)34(17-35)26-22(13-23(28)27(30-26)32-15-21(36)16-32)25(29-4)33-12-11-31(5)14-18(33)3/h8-10,13,17-18,21,27,30,36H,6-7,11-12,14-16H2,1-5H3. The number of aliphatic hydroxyl groups is 1. The second-order valence-corrected chi connectivity index (χ2v) is 10.3. The van der Waals surface area contributed by atoms with Gasteiger partial charge in [0.05, 0.1) is 22.4 Å². The van der Waals surface area contributed by atoms with E-state index >= 15 is 0 Å². The first-order chi connectivity index (χ1) is 17.3. The number of piperazine rings is 1. The van der Waals surface area contributed by atoms with Crippen LogP contribution in [-0.4, -0.2) is 97.2 Å². The molecular weight excluding hydrogens is 476 g/mol. The molecule has 2 N–H and O–H groups in total. The Labute approximate surface area is 219 Å². The fourth-order valence-electron chi connectivity index (χ4n) is 5.50. The highest BCUT2D eigenvalue weighted by Gasteiger charge is 2.39. The molecule has 9 heteroatoms. The molecule has 2 unspecified atom stereocenters. The van der Waals surface area contributed by atoms with Crippen molar-refractivity contribution in [1.29, 1.82) is 0 Å². The highest BCUT2D eigenvalue weighted by molar-refractivity contribution is 6.31. The zero-order valence-electron chi connectivity index (χ0n) is 22.0. The zero-order chi connectivity index (χ0) is 26.0. The molecule has 1 aromatic carbocycles. The summed E-state index contributed by atoms with van der Waals surface area (Å²) in [5.74, 6) is 1.49. The predicted molar refractivity (Wildman–Crippen MR) is 146 cm³/mol. The van der Waals surface area contributed by atoms with Crippen LogP contribution in [-0.2, 0) is 17.6 Å². The molecule has 0 spiro atoms. The minimum atomic E-state index is -0.362. The highest BCUT2D eigenvalue weighted by Crippen LogP contribution is 2.34. The summed E-state index contributed by atoms with van der Waals surface area (Å²) in [6, 6.07) is 6.47. The van der Waals surface area contributed by atoms with E-state index in [0.717, 1.165) is 67.1 Å². The van der Waals surface area contributed by atoms with Gasteiger partial charge in [-0.15, -0.1) is 0 Å². The van der Waals surface area contributed by atoms with Crippen LogP contribution in [0.25, 0.3) is 0 Å². The molecule has 2 fully saturated rings. The number of anilines is 1. The summed E-state index contributed by atoms with van der Waals surface area (Å²) in [4.78, 5) is 26.0. The van der Waals surface area contributed by atoms with E-state index in [1.807, 2.05) is 6.08 Å². The maximum atomic E-state index is 12.9. The quantitative estimate of drug-likeness (QED) is 0.330. The van der Waals surface area contributed by atoms with Gasteiger partial charge in [-0.25, -0.2) is 0 Å². The molecule has 3 aliphatic rings. The van der Waals surface area contributed by atoms with Crippen LogP contribution in [0.4, 0.5) is 5.69 Å². The number of dihydropyridines is 1. The third kappa shape index (κ3) is 5.05. The first kappa shape index (κ1) is 26.7. The van der Waals surface area contributed by atoms with Crippen molar-refractivity contribution in [2.75, 3.05) is 51.7 Å². The van der Waals surface area contributed by atoms with E-state index in [1.54, 1.807) is 11.9 Å². The summed E-state index contributed by atoms with van der Waals surface area (Å²) in [5.41, 5.74) is 3.92. The maximum Gasteiger partial charge on any atom is 0.219 e. The van der Waals surface area contributed by atoms with Gasteiger partial charge in [0.1, 0.15) is 17.8 Å². The number of likely N-dealkylation sites (tertiary alicyclic amines) is 1. The maximum absolute atomic E-state index is 12.9. The number of benzene rings is 1. The number of β-amino-alcohol motifs (C(OH)–C–C–N with tert-alkyl or cyclic N) is 1. The van der Waals surface area contributed by atoms with Gasteiger partial charge in [-0.1, -0.05) is 43.6 Å². The minimum Gasteiger partial charge on any atom is -0.390 e. The zero-order valence-corrected chi connectivity index (χ0v) is 22.8. The Hall–Kier alpha value is -2.39. The van der Waals surface area contributed by atoms with Gasteiger partial charge >= 0.3 is 0 Å². The summed E-state index contributed by atoms with van der Waals surface area (Å²) in [5, 5.41) is 14.1. The average molecular weight is 515 g/mol. The number of rotatable bonds is 7. The molecular formula is C27H39ClN6O2. The van der Waals surface area contributed by atoms with Crippen LogP contribution in [0.2, 0.25) is 0 Å². The van der Waals surface area contributed by atoms with Crippen molar-refractivity contribution in [2.24, 2.45) is 4.99 Å². The topological polar surface area (TPSA) is 74.7 Å². The number of hydrogen-bond acceptors (Lipinski definition) is 6. The van der Waals surface area contributed by atoms with E-state index in [0.29, 0.717) is 23.9 Å². The van der Waals surface area contributed by atoms with Gasteiger partial charge in [-0.2, -0.15) is 0 Å². The molecule has 196 valence electrons. The van der Waals surface area contributed by atoms with Gasteiger partial charge in [0, 0.05) is 45.8 Å². The minimum absolute atomic E-state index is 0.255. The number of aliphatic hydroxyl groups excluding tert-OH is 1. The van der Waals surface area contributed by atoms with Crippen LogP contribution < -0.4 is 10.2 Å². The molecule has 1 aromatic rings.